The molecule has 0 aromatic heterocycles. The maximum absolute atomic E-state index is 5.81. The Bertz CT molecular complexity index is 265. The van der Waals surface area contributed by atoms with E-state index in [1.165, 1.54) is 51.7 Å². The summed E-state index contributed by atoms with van der Waals surface area (Å²) in [7, 11) is 1.69. The first kappa shape index (κ1) is 17.2. The van der Waals surface area contributed by atoms with E-state index in [1.807, 2.05) is 6.92 Å². The fraction of sp³-hybridized carbons (Fsp3) is 0.933. The van der Waals surface area contributed by atoms with Crippen molar-refractivity contribution in [1.29, 1.82) is 0 Å². The number of ether oxygens (including phenoxy) is 1. The first-order chi connectivity index (χ1) is 9.72. The molecule has 1 unspecified atom stereocenters. The Hall–Kier alpha value is -0.810. The second-order valence-corrected chi connectivity index (χ2v) is 5.73. The van der Waals surface area contributed by atoms with E-state index in [1.54, 1.807) is 7.11 Å². The molecule has 0 saturated carbocycles. The molecule has 0 aromatic rings. The maximum atomic E-state index is 5.81. The van der Waals surface area contributed by atoms with Gasteiger partial charge in [0, 0.05) is 19.7 Å². The third-order valence-corrected chi connectivity index (χ3v) is 3.67. The fourth-order valence-corrected chi connectivity index (χ4v) is 2.60. The number of nitrogens with two attached hydrogens (primary N) is 1. The number of nitrogens with one attached hydrogen (secondary N) is 1. The fourth-order valence-electron chi connectivity index (χ4n) is 2.60. The second-order valence-electron chi connectivity index (χ2n) is 5.73. The van der Waals surface area contributed by atoms with Crippen LogP contribution < -0.4 is 11.1 Å². The van der Waals surface area contributed by atoms with Crippen LogP contribution in [0.3, 0.4) is 0 Å². The molecule has 0 amide bonds. The van der Waals surface area contributed by atoms with Gasteiger partial charge in [-0.25, -0.2) is 0 Å². The van der Waals surface area contributed by atoms with Crippen molar-refractivity contribution in [3.8, 4) is 0 Å². The van der Waals surface area contributed by atoms with E-state index in [4.69, 9.17) is 10.5 Å². The Morgan fingerprint density at radius 3 is 2.70 bits per heavy atom. The van der Waals surface area contributed by atoms with Gasteiger partial charge in [0.05, 0.1) is 6.61 Å². The zero-order valence-electron chi connectivity index (χ0n) is 13.2. The van der Waals surface area contributed by atoms with Crippen molar-refractivity contribution in [3.05, 3.63) is 0 Å². The highest BCUT2D eigenvalue weighted by Crippen LogP contribution is 2.09. The summed E-state index contributed by atoms with van der Waals surface area (Å²) in [5, 5.41) is 3.12. The van der Waals surface area contributed by atoms with Crippen LogP contribution >= 0.6 is 0 Å². The Labute approximate surface area is 124 Å². The standard InChI is InChI=1S/C15H32N4O/c1-14(13-20-2)18-15(16)17-9-5-3-6-10-19-11-7-4-8-12-19/h14H,3-13H2,1-2H3,(H3,16,17,18). The average molecular weight is 284 g/mol. The van der Waals surface area contributed by atoms with Gasteiger partial charge in [0.1, 0.15) is 0 Å². The van der Waals surface area contributed by atoms with Crippen molar-refractivity contribution in [3.63, 3.8) is 0 Å². The molecule has 0 aliphatic carbocycles. The minimum absolute atomic E-state index is 0.211. The summed E-state index contributed by atoms with van der Waals surface area (Å²) in [6.07, 6.45) is 7.82. The van der Waals surface area contributed by atoms with Gasteiger partial charge in [0.25, 0.3) is 0 Å². The molecule has 1 rings (SSSR count). The van der Waals surface area contributed by atoms with Gasteiger partial charge < -0.3 is 20.7 Å². The topological polar surface area (TPSA) is 62.9 Å². The molecule has 0 spiro atoms. The highest BCUT2D eigenvalue weighted by atomic mass is 16.5. The van der Waals surface area contributed by atoms with Crippen LogP contribution in [-0.4, -0.2) is 56.8 Å². The molecule has 1 atom stereocenters. The summed E-state index contributed by atoms with van der Waals surface area (Å²) in [5.41, 5.74) is 5.81. The number of hydrogen-bond acceptors (Lipinski definition) is 3. The molecule has 1 fully saturated rings. The van der Waals surface area contributed by atoms with Crippen LogP contribution in [-0.2, 0) is 4.74 Å². The van der Waals surface area contributed by atoms with Crippen molar-refractivity contribution in [2.45, 2.75) is 51.5 Å². The molecular weight excluding hydrogens is 252 g/mol. The molecule has 0 radical (unpaired) electrons. The normalized spacial score (nSPS) is 19.0. The molecule has 1 saturated heterocycles. The number of aliphatic imine (C=N–C) groups is 1. The Balaban J connectivity index is 1.97. The number of nitrogens with zero attached hydrogens (tertiary/aromatic N) is 2. The number of methoxy groups -OCH3 is 1. The van der Waals surface area contributed by atoms with E-state index in [9.17, 15) is 0 Å². The van der Waals surface area contributed by atoms with Gasteiger partial charge in [0.2, 0.25) is 0 Å². The van der Waals surface area contributed by atoms with Crippen LogP contribution in [0.25, 0.3) is 0 Å². The van der Waals surface area contributed by atoms with Gasteiger partial charge in [-0.15, -0.1) is 0 Å². The molecule has 0 aromatic carbocycles. The lowest BCUT2D eigenvalue weighted by atomic mass is 10.1. The summed E-state index contributed by atoms with van der Waals surface area (Å²) in [4.78, 5) is 6.94. The van der Waals surface area contributed by atoms with Crippen LogP contribution in [0.1, 0.15) is 45.4 Å². The molecule has 0 bridgehead atoms. The first-order valence-electron chi connectivity index (χ1n) is 8.00. The van der Waals surface area contributed by atoms with E-state index in [0.717, 1.165) is 13.0 Å². The maximum Gasteiger partial charge on any atom is 0.188 e. The Morgan fingerprint density at radius 1 is 1.25 bits per heavy atom. The van der Waals surface area contributed by atoms with E-state index in [-0.39, 0.29) is 6.04 Å². The molecule has 1 aliphatic heterocycles. The molecule has 118 valence electrons. The monoisotopic (exact) mass is 284 g/mol. The number of guanidine groups is 1. The molecule has 3 N–H and O–H groups in total. The number of hydrogen-bond donors (Lipinski definition) is 2. The minimum atomic E-state index is 0.211. The minimum Gasteiger partial charge on any atom is -0.383 e. The quantitative estimate of drug-likeness (QED) is 0.383. The second kappa shape index (κ2) is 10.9. The van der Waals surface area contributed by atoms with E-state index >= 15 is 0 Å². The zero-order chi connectivity index (χ0) is 14.6. The number of likely N-dealkylation sites (tertiary alicyclic amines) is 1. The molecular formula is C15H32N4O. The van der Waals surface area contributed by atoms with Gasteiger partial charge in [-0.3, -0.25) is 4.99 Å². The van der Waals surface area contributed by atoms with Crippen LogP contribution in [0.4, 0.5) is 0 Å². The molecule has 1 heterocycles. The number of piperidine rings is 1. The summed E-state index contributed by atoms with van der Waals surface area (Å²) in [6, 6.07) is 0.211. The summed E-state index contributed by atoms with van der Waals surface area (Å²) in [6.45, 7) is 7.34. The zero-order valence-corrected chi connectivity index (χ0v) is 13.2. The predicted molar refractivity (Wildman–Crippen MR) is 85.1 cm³/mol. The lowest BCUT2D eigenvalue weighted by molar-refractivity contribution is 0.179. The molecule has 5 nitrogen and oxygen atoms in total. The largest absolute Gasteiger partial charge is 0.383 e. The van der Waals surface area contributed by atoms with Crippen LogP contribution in [0.2, 0.25) is 0 Å². The SMILES string of the molecule is COCC(C)NC(N)=NCCCCCN1CCCCC1. The van der Waals surface area contributed by atoms with E-state index in [0.29, 0.717) is 12.6 Å². The van der Waals surface area contributed by atoms with Crippen LogP contribution in [0.15, 0.2) is 4.99 Å². The van der Waals surface area contributed by atoms with E-state index < -0.39 is 0 Å². The highest BCUT2D eigenvalue weighted by Gasteiger charge is 2.08. The summed E-state index contributed by atoms with van der Waals surface area (Å²) in [5.74, 6) is 0.533. The third kappa shape index (κ3) is 8.38. The van der Waals surface area contributed by atoms with Crippen molar-refractivity contribution in [1.82, 2.24) is 10.2 Å². The van der Waals surface area contributed by atoms with Gasteiger partial charge in [-0.2, -0.15) is 0 Å². The lowest BCUT2D eigenvalue weighted by Crippen LogP contribution is -2.40. The van der Waals surface area contributed by atoms with Crippen molar-refractivity contribution in [2.75, 3.05) is 39.9 Å². The van der Waals surface area contributed by atoms with Crippen LogP contribution in [0, 0.1) is 0 Å². The Kier molecular flexibility index (Phi) is 9.41. The van der Waals surface area contributed by atoms with E-state index in [2.05, 4.69) is 15.2 Å². The Morgan fingerprint density at radius 2 is 2.00 bits per heavy atom. The smallest absolute Gasteiger partial charge is 0.188 e. The number of unbranched alkanes of at least 4 members (excludes halogenated alkanes) is 2. The van der Waals surface area contributed by atoms with Gasteiger partial charge >= 0.3 is 0 Å². The van der Waals surface area contributed by atoms with Gasteiger partial charge in [-0.1, -0.05) is 12.8 Å². The molecule has 5 heteroatoms. The average Bonchev–Trinajstić information content (AvgIpc) is 2.44. The van der Waals surface area contributed by atoms with Crippen molar-refractivity contribution in [2.24, 2.45) is 10.7 Å². The predicted octanol–water partition coefficient (Wildman–Crippen LogP) is 1.58. The van der Waals surface area contributed by atoms with Crippen molar-refractivity contribution >= 4 is 5.96 Å². The summed E-state index contributed by atoms with van der Waals surface area (Å²) < 4.78 is 5.04. The van der Waals surface area contributed by atoms with Crippen molar-refractivity contribution < 1.29 is 4.74 Å². The first-order valence-corrected chi connectivity index (χ1v) is 8.00. The molecule has 1 aliphatic rings. The highest BCUT2D eigenvalue weighted by molar-refractivity contribution is 5.78. The molecule has 20 heavy (non-hydrogen) atoms. The van der Waals surface area contributed by atoms with Crippen LogP contribution in [0.5, 0.6) is 0 Å². The van der Waals surface area contributed by atoms with Gasteiger partial charge in [-0.05, 0) is 52.2 Å². The van der Waals surface area contributed by atoms with Gasteiger partial charge in [0.15, 0.2) is 5.96 Å². The number of rotatable bonds is 9. The lowest BCUT2D eigenvalue weighted by Gasteiger charge is -2.26. The summed E-state index contributed by atoms with van der Waals surface area (Å²) >= 11 is 0. The third-order valence-electron chi connectivity index (χ3n) is 3.67.